The lowest BCUT2D eigenvalue weighted by Crippen LogP contribution is -2.28. The number of carbonyl (C=O) groups is 1. The van der Waals surface area contributed by atoms with E-state index in [4.69, 9.17) is 5.21 Å². The number of nitrogens with zero attached hydrogens (tertiary/aromatic N) is 2. The van der Waals surface area contributed by atoms with Crippen LogP contribution in [0.5, 0.6) is 0 Å². The van der Waals surface area contributed by atoms with E-state index in [2.05, 4.69) is 5.16 Å². The summed E-state index contributed by atoms with van der Waals surface area (Å²) in [5.74, 6) is 0.410. The van der Waals surface area contributed by atoms with Gasteiger partial charge in [0.2, 0.25) is 11.1 Å². The van der Waals surface area contributed by atoms with Crippen LogP contribution < -0.4 is 0 Å². The van der Waals surface area contributed by atoms with Crippen LogP contribution in [0, 0.1) is 0 Å². The molecule has 0 aromatic carbocycles. The van der Waals surface area contributed by atoms with Crippen molar-refractivity contribution < 1.29 is 10.0 Å². The molecule has 1 heterocycles. The summed E-state index contributed by atoms with van der Waals surface area (Å²) in [4.78, 5) is 12.3. The maximum atomic E-state index is 10.9. The van der Waals surface area contributed by atoms with Crippen molar-refractivity contribution >= 4 is 22.8 Å². The molecule has 0 aromatic rings. The predicted molar refractivity (Wildman–Crippen MR) is 39.1 cm³/mol. The first-order valence-electron chi connectivity index (χ1n) is 2.94. The fourth-order valence-electron chi connectivity index (χ4n) is 0.783. The molecule has 10 heavy (non-hydrogen) atoms. The molecule has 1 aliphatic heterocycles. The molecule has 4 nitrogen and oxygen atoms in total. The fourth-order valence-corrected chi connectivity index (χ4v) is 1.64. The largest absolute Gasteiger partial charge is 0.409 e. The van der Waals surface area contributed by atoms with Crippen LogP contribution in [0.4, 0.5) is 0 Å². The summed E-state index contributed by atoms with van der Waals surface area (Å²) >= 11 is 1.26. The van der Waals surface area contributed by atoms with Crippen molar-refractivity contribution in [1.82, 2.24) is 4.90 Å². The average Bonchev–Trinajstić information content (AvgIpc) is 2.30. The van der Waals surface area contributed by atoms with Gasteiger partial charge in [0.05, 0.1) is 5.75 Å². The number of oxime groups is 1. The number of hydrogen-bond acceptors (Lipinski definition) is 4. The van der Waals surface area contributed by atoms with Gasteiger partial charge in [-0.2, -0.15) is 0 Å². The van der Waals surface area contributed by atoms with Crippen molar-refractivity contribution in [2.75, 3.05) is 12.3 Å². The summed E-state index contributed by atoms with van der Waals surface area (Å²) in [5, 5.41) is 11.7. The topological polar surface area (TPSA) is 52.9 Å². The van der Waals surface area contributed by atoms with Crippen molar-refractivity contribution in [2.24, 2.45) is 5.16 Å². The van der Waals surface area contributed by atoms with Crippen LogP contribution in [0.2, 0.25) is 0 Å². The number of amides is 1. The third-order valence-corrected chi connectivity index (χ3v) is 2.21. The number of carbonyl (C=O) groups excluding carboxylic acids is 1. The molecule has 1 rings (SSSR count). The number of hydrogen-bond donors (Lipinski definition) is 1. The van der Waals surface area contributed by atoms with Crippen LogP contribution >= 0.6 is 11.8 Å². The Kier molecular flexibility index (Phi) is 2.16. The van der Waals surface area contributed by atoms with Crippen molar-refractivity contribution in [1.29, 1.82) is 0 Å². The zero-order valence-electron chi connectivity index (χ0n) is 5.57. The van der Waals surface area contributed by atoms with Gasteiger partial charge in [0.15, 0.2) is 0 Å². The molecule has 5 heteroatoms. The lowest BCUT2D eigenvalue weighted by molar-refractivity contribution is -0.124. The Morgan fingerprint density at radius 3 is 3.00 bits per heavy atom. The Bertz CT molecular complexity index is 180. The van der Waals surface area contributed by atoms with Crippen LogP contribution in [0.25, 0.3) is 0 Å². The second-order valence-electron chi connectivity index (χ2n) is 1.81. The van der Waals surface area contributed by atoms with Gasteiger partial charge in [-0.05, 0) is 6.92 Å². The minimum absolute atomic E-state index is 0.0142. The molecule has 0 bridgehead atoms. The summed E-state index contributed by atoms with van der Waals surface area (Å²) < 4.78 is 0. The Morgan fingerprint density at radius 1 is 1.90 bits per heavy atom. The van der Waals surface area contributed by atoms with E-state index in [1.54, 1.807) is 0 Å². The monoisotopic (exact) mass is 160 g/mol. The zero-order chi connectivity index (χ0) is 7.56. The fraction of sp³-hybridized carbons (Fsp3) is 0.600. The molecule has 0 atom stereocenters. The van der Waals surface area contributed by atoms with Gasteiger partial charge in [-0.25, -0.2) is 0 Å². The van der Waals surface area contributed by atoms with Gasteiger partial charge in [0.1, 0.15) is 0 Å². The Morgan fingerprint density at radius 2 is 2.60 bits per heavy atom. The Labute approximate surface area is 62.9 Å². The van der Waals surface area contributed by atoms with Gasteiger partial charge in [0, 0.05) is 6.54 Å². The molecule has 1 saturated heterocycles. The molecule has 0 unspecified atom stereocenters. The highest BCUT2D eigenvalue weighted by Gasteiger charge is 2.26. The summed E-state index contributed by atoms with van der Waals surface area (Å²) in [5.41, 5.74) is 0. The first kappa shape index (κ1) is 7.40. The number of thioether (sulfide) groups is 1. The maximum Gasteiger partial charge on any atom is 0.239 e. The molecule has 0 saturated carbocycles. The highest BCUT2D eigenvalue weighted by Crippen LogP contribution is 2.17. The van der Waals surface area contributed by atoms with Crippen molar-refractivity contribution in [3.05, 3.63) is 0 Å². The summed E-state index contributed by atoms with van der Waals surface area (Å²) in [6.45, 7) is 2.42. The molecule has 0 aliphatic carbocycles. The van der Waals surface area contributed by atoms with E-state index in [-0.39, 0.29) is 5.91 Å². The molecule has 0 spiro atoms. The van der Waals surface area contributed by atoms with E-state index >= 15 is 0 Å². The summed E-state index contributed by atoms with van der Waals surface area (Å²) in [7, 11) is 0. The van der Waals surface area contributed by atoms with Gasteiger partial charge < -0.3 is 5.21 Å². The molecule has 1 amide bonds. The normalized spacial score (nSPS) is 22.7. The van der Waals surface area contributed by atoms with E-state index in [1.165, 1.54) is 16.7 Å². The second kappa shape index (κ2) is 2.92. The molecule has 56 valence electrons. The molecule has 0 radical (unpaired) electrons. The third kappa shape index (κ3) is 1.09. The molecular weight excluding hydrogens is 152 g/mol. The molecule has 1 N–H and O–H groups in total. The first-order valence-corrected chi connectivity index (χ1v) is 3.93. The van der Waals surface area contributed by atoms with E-state index in [9.17, 15) is 4.79 Å². The minimum Gasteiger partial charge on any atom is -0.409 e. The van der Waals surface area contributed by atoms with E-state index in [0.29, 0.717) is 17.5 Å². The zero-order valence-corrected chi connectivity index (χ0v) is 6.39. The van der Waals surface area contributed by atoms with Crippen molar-refractivity contribution in [2.45, 2.75) is 6.92 Å². The standard InChI is InChI=1S/C5H8N2O2S/c1-2-7-4(8)3-10-5(7)6-9/h9H,2-3H2,1H3. The SMILES string of the molecule is CCN1C(=O)CSC1=NO. The smallest absolute Gasteiger partial charge is 0.239 e. The van der Waals surface area contributed by atoms with E-state index < -0.39 is 0 Å². The quantitative estimate of drug-likeness (QED) is 0.444. The Hall–Kier alpha value is -0.710. The minimum atomic E-state index is 0.0142. The van der Waals surface area contributed by atoms with E-state index in [0.717, 1.165) is 0 Å². The van der Waals surface area contributed by atoms with Gasteiger partial charge >= 0.3 is 0 Å². The van der Waals surface area contributed by atoms with Gasteiger partial charge in [-0.15, -0.1) is 0 Å². The van der Waals surface area contributed by atoms with Crippen LogP contribution in [-0.4, -0.2) is 33.5 Å². The number of rotatable bonds is 1. The first-order chi connectivity index (χ1) is 4.79. The number of amidine groups is 1. The summed E-state index contributed by atoms with van der Waals surface area (Å²) in [6, 6.07) is 0. The van der Waals surface area contributed by atoms with E-state index in [1.807, 2.05) is 6.92 Å². The highest BCUT2D eigenvalue weighted by molar-refractivity contribution is 8.15. The predicted octanol–water partition coefficient (Wildman–Crippen LogP) is 0.327. The van der Waals surface area contributed by atoms with Crippen LogP contribution in [0.3, 0.4) is 0 Å². The molecule has 1 fully saturated rings. The highest BCUT2D eigenvalue weighted by atomic mass is 32.2. The molecule has 1 aliphatic rings. The summed E-state index contributed by atoms with van der Waals surface area (Å²) in [6.07, 6.45) is 0. The van der Waals surface area contributed by atoms with Gasteiger partial charge in [0.25, 0.3) is 0 Å². The average molecular weight is 160 g/mol. The van der Waals surface area contributed by atoms with Crippen LogP contribution in [-0.2, 0) is 4.79 Å². The Balaban J connectivity index is 2.72. The lowest BCUT2D eigenvalue weighted by atomic mass is 10.5. The van der Waals surface area contributed by atoms with Crippen molar-refractivity contribution in [3.63, 3.8) is 0 Å². The van der Waals surface area contributed by atoms with Crippen LogP contribution in [0.1, 0.15) is 6.92 Å². The lowest BCUT2D eigenvalue weighted by Gasteiger charge is -2.09. The molecular formula is C5H8N2O2S. The molecule has 0 aromatic heterocycles. The second-order valence-corrected chi connectivity index (χ2v) is 2.75. The van der Waals surface area contributed by atoms with Gasteiger partial charge in [-0.3, -0.25) is 9.69 Å². The van der Waals surface area contributed by atoms with Gasteiger partial charge in [-0.1, -0.05) is 16.9 Å². The van der Waals surface area contributed by atoms with Crippen LogP contribution in [0.15, 0.2) is 5.16 Å². The van der Waals surface area contributed by atoms with Crippen molar-refractivity contribution in [3.8, 4) is 0 Å². The maximum absolute atomic E-state index is 10.9. The third-order valence-electron chi connectivity index (χ3n) is 1.26.